The molecule has 12 heteroatoms. The van der Waals surface area contributed by atoms with E-state index in [0.717, 1.165) is 23.4 Å². The van der Waals surface area contributed by atoms with E-state index >= 15 is 0 Å². The van der Waals surface area contributed by atoms with Gasteiger partial charge in [0.1, 0.15) is 16.9 Å². The number of carbonyl (C=O) groups is 2. The van der Waals surface area contributed by atoms with E-state index in [0.29, 0.717) is 30.4 Å². The highest BCUT2D eigenvalue weighted by molar-refractivity contribution is 7.98. The molecule has 0 saturated carbocycles. The fourth-order valence-electron chi connectivity index (χ4n) is 4.82. The molecule has 10 nitrogen and oxygen atoms in total. The lowest BCUT2D eigenvalue weighted by molar-refractivity contribution is 0.0713. The van der Waals surface area contributed by atoms with Gasteiger partial charge in [0.05, 0.1) is 17.6 Å². The number of amides is 2. The lowest BCUT2D eigenvalue weighted by Crippen LogP contribution is -2.38. The summed E-state index contributed by atoms with van der Waals surface area (Å²) in [6.07, 6.45) is 6.34. The first-order chi connectivity index (χ1) is 19.3. The number of hydrogen-bond donors (Lipinski definition) is 2. The Hall–Kier alpha value is -3.90. The van der Waals surface area contributed by atoms with Gasteiger partial charge in [0.2, 0.25) is 10.0 Å². The van der Waals surface area contributed by atoms with Gasteiger partial charge in [0.25, 0.3) is 11.8 Å². The second-order valence-corrected chi connectivity index (χ2v) is 12.3. The number of fused-ring (bicyclic) bond motifs is 1. The number of anilines is 2. The quantitative estimate of drug-likeness (QED) is 0.297. The highest BCUT2D eigenvalue weighted by atomic mass is 32.2. The predicted molar refractivity (Wildman–Crippen MR) is 156 cm³/mol. The van der Waals surface area contributed by atoms with Crippen molar-refractivity contribution in [1.29, 1.82) is 0 Å². The van der Waals surface area contributed by atoms with Gasteiger partial charge in [-0.25, -0.2) is 18.1 Å². The topological polar surface area (TPSA) is 126 Å². The number of hydrogen-bond acceptors (Lipinski definition) is 8. The minimum absolute atomic E-state index is 0.0131. The average molecular weight is 579 g/mol. The molecule has 2 N–H and O–H groups in total. The lowest BCUT2D eigenvalue weighted by atomic mass is 9.89. The number of piperidine rings is 1. The summed E-state index contributed by atoms with van der Waals surface area (Å²) in [6.45, 7) is 2.63. The van der Waals surface area contributed by atoms with Crippen LogP contribution in [0.3, 0.4) is 0 Å². The highest BCUT2D eigenvalue weighted by Gasteiger charge is 2.29. The molecule has 4 aromatic rings. The Morgan fingerprint density at radius 1 is 1.00 bits per heavy atom. The van der Waals surface area contributed by atoms with E-state index in [1.54, 1.807) is 11.8 Å². The molecular weight excluding hydrogens is 548 g/mol. The van der Waals surface area contributed by atoms with E-state index < -0.39 is 15.9 Å². The molecule has 2 amide bonds. The summed E-state index contributed by atoms with van der Waals surface area (Å²) in [6, 6.07) is 18.0. The molecule has 2 aromatic heterocycles. The van der Waals surface area contributed by atoms with E-state index in [-0.39, 0.29) is 22.9 Å². The van der Waals surface area contributed by atoms with Crippen LogP contribution in [0, 0.1) is 0 Å². The van der Waals surface area contributed by atoms with Crippen LogP contribution in [0.4, 0.5) is 11.5 Å². The number of aromatic nitrogens is 3. The zero-order valence-electron chi connectivity index (χ0n) is 22.2. The number of sulfonamides is 1. The van der Waals surface area contributed by atoms with Crippen LogP contribution in [0.25, 0.3) is 5.65 Å². The maximum atomic E-state index is 13.9. The standard InChI is InChI=1S/C28H30N6O4S2/c1-3-40(37,38)32-27(35)21-18-30-34-25(21)29-17-22(26(34)31-23-11-7-8-12-24(23)39-2)28(36)33-15-13-20(14-16-33)19-9-5-4-6-10-19/h4-12,17-18,20,31H,3,13-16H2,1-2H3,(H,32,35). The van der Waals surface area contributed by atoms with Crippen LogP contribution in [0.15, 0.2) is 71.9 Å². The molecule has 0 radical (unpaired) electrons. The Morgan fingerprint density at radius 2 is 1.70 bits per heavy atom. The van der Waals surface area contributed by atoms with Gasteiger partial charge >= 0.3 is 0 Å². The number of nitrogens with one attached hydrogen (secondary N) is 2. The van der Waals surface area contributed by atoms with Crippen LogP contribution in [0.1, 0.15) is 52.0 Å². The van der Waals surface area contributed by atoms with Gasteiger partial charge in [0, 0.05) is 24.2 Å². The van der Waals surface area contributed by atoms with Crippen LogP contribution in [-0.4, -0.2) is 64.8 Å². The molecule has 0 unspecified atom stereocenters. The van der Waals surface area contributed by atoms with Crippen LogP contribution in [0.5, 0.6) is 0 Å². The summed E-state index contributed by atoms with van der Waals surface area (Å²) in [7, 11) is -3.79. The number of para-hydroxylation sites is 1. The smallest absolute Gasteiger partial charge is 0.270 e. The van der Waals surface area contributed by atoms with Gasteiger partial charge < -0.3 is 10.2 Å². The molecule has 208 valence electrons. The molecule has 1 fully saturated rings. The maximum absolute atomic E-state index is 13.9. The fourth-order valence-corrected chi connectivity index (χ4v) is 5.91. The number of benzene rings is 2. The Bertz CT molecular complexity index is 1650. The zero-order valence-corrected chi connectivity index (χ0v) is 23.8. The van der Waals surface area contributed by atoms with E-state index in [2.05, 4.69) is 27.5 Å². The third-order valence-electron chi connectivity index (χ3n) is 7.04. The minimum atomic E-state index is -3.79. The van der Waals surface area contributed by atoms with Gasteiger partial charge in [-0.1, -0.05) is 42.5 Å². The van der Waals surface area contributed by atoms with Gasteiger partial charge in [-0.15, -0.1) is 11.8 Å². The summed E-state index contributed by atoms with van der Waals surface area (Å²) in [4.78, 5) is 33.8. The van der Waals surface area contributed by atoms with E-state index in [4.69, 9.17) is 0 Å². The van der Waals surface area contributed by atoms with Crippen molar-refractivity contribution in [1.82, 2.24) is 24.2 Å². The van der Waals surface area contributed by atoms with Gasteiger partial charge in [-0.2, -0.15) is 9.61 Å². The van der Waals surface area contributed by atoms with Crippen molar-refractivity contribution in [3.05, 3.63) is 83.7 Å². The Balaban J connectivity index is 1.50. The maximum Gasteiger partial charge on any atom is 0.270 e. The third-order valence-corrected chi connectivity index (χ3v) is 9.10. The molecule has 1 saturated heterocycles. The largest absolute Gasteiger partial charge is 0.338 e. The van der Waals surface area contributed by atoms with Gasteiger partial charge in [-0.3, -0.25) is 9.59 Å². The van der Waals surface area contributed by atoms with E-state index in [1.807, 2.05) is 58.3 Å². The lowest BCUT2D eigenvalue weighted by Gasteiger charge is -2.32. The Kier molecular flexibility index (Phi) is 8.08. The van der Waals surface area contributed by atoms with Gasteiger partial charge in [-0.05, 0) is 49.6 Å². The first-order valence-electron chi connectivity index (χ1n) is 13.0. The van der Waals surface area contributed by atoms with E-state index in [9.17, 15) is 18.0 Å². The molecule has 3 heterocycles. The van der Waals surface area contributed by atoms with Crippen molar-refractivity contribution in [2.45, 2.75) is 30.6 Å². The summed E-state index contributed by atoms with van der Waals surface area (Å²) < 4.78 is 27.4. The van der Waals surface area contributed by atoms with Crippen molar-refractivity contribution in [3.8, 4) is 0 Å². The monoisotopic (exact) mass is 578 g/mol. The van der Waals surface area contributed by atoms with Crippen LogP contribution in [0.2, 0.25) is 0 Å². The first-order valence-corrected chi connectivity index (χ1v) is 15.8. The molecule has 40 heavy (non-hydrogen) atoms. The molecule has 2 aromatic carbocycles. The average Bonchev–Trinajstić information content (AvgIpc) is 3.42. The van der Waals surface area contributed by atoms with E-state index in [1.165, 1.54) is 29.4 Å². The van der Waals surface area contributed by atoms with Crippen LogP contribution < -0.4 is 10.0 Å². The van der Waals surface area contributed by atoms with Crippen molar-refractivity contribution in [3.63, 3.8) is 0 Å². The minimum Gasteiger partial charge on any atom is -0.338 e. The summed E-state index contributed by atoms with van der Waals surface area (Å²) >= 11 is 1.55. The number of nitrogens with zero attached hydrogens (tertiary/aromatic N) is 4. The number of thioether (sulfide) groups is 1. The number of likely N-dealkylation sites (tertiary alicyclic amines) is 1. The Morgan fingerprint density at radius 3 is 2.40 bits per heavy atom. The normalized spacial score (nSPS) is 14.3. The molecule has 0 bridgehead atoms. The third kappa shape index (κ3) is 5.68. The van der Waals surface area contributed by atoms with Crippen molar-refractivity contribution in [2.75, 3.05) is 30.4 Å². The first kappa shape index (κ1) is 27.7. The predicted octanol–water partition coefficient (Wildman–Crippen LogP) is 4.29. The molecule has 0 spiro atoms. The van der Waals surface area contributed by atoms with Crippen LogP contribution >= 0.6 is 11.8 Å². The summed E-state index contributed by atoms with van der Waals surface area (Å²) in [5, 5.41) is 7.69. The SMILES string of the molecule is CCS(=O)(=O)NC(=O)c1cnn2c(Nc3ccccc3SC)c(C(=O)N3CCC(c4ccccc4)CC3)cnc12. The summed E-state index contributed by atoms with van der Waals surface area (Å²) in [5.74, 6) is -0.534. The van der Waals surface area contributed by atoms with Crippen molar-refractivity contribution >= 4 is 50.8 Å². The Labute approximate surface area is 237 Å². The second-order valence-electron chi connectivity index (χ2n) is 9.45. The molecule has 0 atom stereocenters. The summed E-state index contributed by atoms with van der Waals surface area (Å²) in [5.41, 5.74) is 2.46. The molecule has 0 aliphatic carbocycles. The molecular formula is C28H30N6O4S2. The number of carbonyl (C=O) groups excluding carboxylic acids is 2. The molecule has 5 rings (SSSR count). The fraction of sp³-hybridized carbons (Fsp3) is 0.286. The second kappa shape index (κ2) is 11.7. The van der Waals surface area contributed by atoms with Crippen LogP contribution in [-0.2, 0) is 10.0 Å². The number of rotatable bonds is 8. The zero-order chi connectivity index (χ0) is 28.3. The molecule has 1 aliphatic heterocycles. The van der Waals surface area contributed by atoms with Gasteiger partial charge in [0.15, 0.2) is 5.65 Å². The van der Waals surface area contributed by atoms with Crippen molar-refractivity contribution < 1.29 is 18.0 Å². The molecule has 1 aliphatic rings. The highest BCUT2D eigenvalue weighted by Crippen LogP contribution is 2.32. The van der Waals surface area contributed by atoms with Crippen molar-refractivity contribution in [2.24, 2.45) is 0 Å².